The van der Waals surface area contributed by atoms with Gasteiger partial charge in [0.25, 0.3) is 0 Å². The molecule has 0 radical (unpaired) electrons. The lowest BCUT2D eigenvalue weighted by molar-refractivity contribution is 0.119. The fraction of sp³-hybridized carbons (Fsp3) is 0.750. The minimum absolute atomic E-state index is 0.484. The van der Waals surface area contributed by atoms with Crippen LogP contribution in [0.25, 0.3) is 0 Å². The predicted molar refractivity (Wildman–Crippen MR) is 82.9 cm³/mol. The van der Waals surface area contributed by atoms with Gasteiger partial charge in [-0.15, -0.1) is 0 Å². The summed E-state index contributed by atoms with van der Waals surface area (Å²) in [5.74, 6) is 2.07. The largest absolute Gasteiger partial charge is 0.465 e. The smallest absolute Gasteiger partial charge is 0.118 e. The van der Waals surface area contributed by atoms with Crippen molar-refractivity contribution in [2.45, 2.75) is 53.2 Å². The average molecular weight is 282 g/mol. The van der Waals surface area contributed by atoms with Crippen LogP contribution in [0.15, 0.2) is 10.5 Å². The van der Waals surface area contributed by atoms with Gasteiger partial charge in [0.15, 0.2) is 0 Å². The Labute approximate surface area is 123 Å². The summed E-state index contributed by atoms with van der Waals surface area (Å²) in [7, 11) is 1.74. The topological polar surface area (TPSA) is 37.6 Å². The molecule has 0 aromatic carbocycles. The number of furan rings is 1. The number of nitrogens with one attached hydrogen (secondary N) is 1. The van der Waals surface area contributed by atoms with Gasteiger partial charge in [-0.05, 0) is 39.8 Å². The molecular formula is C16H30N2O2. The van der Waals surface area contributed by atoms with E-state index in [2.05, 4.69) is 37.1 Å². The fourth-order valence-electron chi connectivity index (χ4n) is 2.17. The van der Waals surface area contributed by atoms with Gasteiger partial charge < -0.3 is 14.5 Å². The third-order valence-electron chi connectivity index (χ3n) is 3.49. The quantitative estimate of drug-likeness (QED) is 0.670. The number of methoxy groups -OCH3 is 1. The van der Waals surface area contributed by atoms with Crippen molar-refractivity contribution in [3.8, 4) is 0 Å². The van der Waals surface area contributed by atoms with E-state index in [4.69, 9.17) is 9.15 Å². The molecule has 1 heterocycles. The molecule has 1 rings (SSSR count). The Hall–Kier alpha value is -0.840. The molecule has 1 aromatic heterocycles. The second-order valence-corrected chi connectivity index (χ2v) is 5.53. The molecule has 1 N–H and O–H groups in total. The number of rotatable bonds is 10. The SMILES string of the molecule is CCCNCc1cc(CN(CCOC)C(C)C)oc1C. The molecule has 0 aliphatic rings. The van der Waals surface area contributed by atoms with Crippen LogP contribution in [0.1, 0.15) is 44.3 Å². The molecule has 0 atom stereocenters. The molecule has 0 saturated carbocycles. The van der Waals surface area contributed by atoms with E-state index in [1.807, 2.05) is 6.92 Å². The Balaban J connectivity index is 2.59. The van der Waals surface area contributed by atoms with E-state index in [0.717, 1.165) is 50.7 Å². The fourth-order valence-corrected chi connectivity index (χ4v) is 2.17. The Kier molecular flexibility index (Phi) is 7.88. The summed E-state index contributed by atoms with van der Waals surface area (Å²) < 4.78 is 11.1. The molecule has 0 aliphatic heterocycles. The molecule has 1 aromatic rings. The van der Waals surface area contributed by atoms with Gasteiger partial charge in [0.05, 0.1) is 13.2 Å². The van der Waals surface area contributed by atoms with E-state index in [1.54, 1.807) is 7.11 Å². The van der Waals surface area contributed by atoms with Crippen LogP contribution in [0.4, 0.5) is 0 Å². The second kappa shape index (κ2) is 9.16. The maximum atomic E-state index is 5.88. The van der Waals surface area contributed by atoms with E-state index in [1.165, 1.54) is 5.56 Å². The van der Waals surface area contributed by atoms with Crippen molar-refractivity contribution in [2.24, 2.45) is 0 Å². The van der Waals surface area contributed by atoms with Crippen LogP contribution in [-0.2, 0) is 17.8 Å². The highest BCUT2D eigenvalue weighted by molar-refractivity contribution is 5.20. The van der Waals surface area contributed by atoms with E-state index in [9.17, 15) is 0 Å². The highest BCUT2D eigenvalue weighted by atomic mass is 16.5. The van der Waals surface area contributed by atoms with Crippen molar-refractivity contribution < 1.29 is 9.15 Å². The molecule has 0 unspecified atom stereocenters. The first kappa shape index (κ1) is 17.2. The summed E-state index contributed by atoms with van der Waals surface area (Å²) in [6.07, 6.45) is 1.15. The molecule has 0 fully saturated rings. The Bertz CT molecular complexity index is 375. The number of ether oxygens (including phenoxy) is 1. The zero-order chi connectivity index (χ0) is 15.0. The first-order chi connectivity index (χ1) is 9.58. The minimum atomic E-state index is 0.484. The normalized spacial score (nSPS) is 11.8. The monoisotopic (exact) mass is 282 g/mol. The van der Waals surface area contributed by atoms with Crippen molar-refractivity contribution in [1.29, 1.82) is 0 Å². The summed E-state index contributed by atoms with van der Waals surface area (Å²) in [5.41, 5.74) is 1.27. The highest BCUT2D eigenvalue weighted by Crippen LogP contribution is 2.17. The van der Waals surface area contributed by atoms with Gasteiger partial charge in [0, 0.05) is 31.8 Å². The Morgan fingerprint density at radius 2 is 2.15 bits per heavy atom. The highest BCUT2D eigenvalue weighted by Gasteiger charge is 2.14. The van der Waals surface area contributed by atoms with Crippen molar-refractivity contribution in [3.63, 3.8) is 0 Å². The summed E-state index contributed by atoms with van der Waals surface area (Å²) in [6.45, 7) is 13.1. The second-order valence-electron chi connectivity index (χ2n) is 5.53. The average Bonchev–Trinajstić information content (AvgIpc) is 2.75. The molecule has 116 valence electrons. The standard InChI is InChI=1S/C16H30N2O2/c1-6-7-17-11-15-10-16(20-14(15)4)12-18(13(2)3)8-9-19-5/h10,13,17H,6-9,11-12H2,1-5H3. The first-order valence-corrected chi connectivity index (χ1v) is 7.60. The van der Waals surface area contributed by atoms with Crippen molar-refractivity contribution in [1.82, 2.24) is 10.2 Å². The molecule has 0 bridgehead atoms. The van der Waals surface area contributed by atoms with E-state index >= 15 is 0 Å². The van der Waals surface area contributed by atoms with E-state index in [-0.39, 0.29) is 0 Å². The molecule has 4 heteroatoms. The predicted octanol–water partition coefficient (Wildman–Crippen LogP) is 2.94. The van der Waals surface area contributed by atoms with Crippen LogP contribution in [-0.4, -0.2) is 37.7 Å². The van der Waals surface area contributed by atoms with Gasteiger partial charge in [0.1, 0.15) is 11.5 Å². The van der Waals surface area contributed by atoms with Gasteiger partial charge in [-0.3, -0.25) is 4.90 Å². The van der Waals surface area contributed by atoms with Crippen molar-refractivity contribution >= 4 is 0 Å². The Morgan fingerprint density at radius 1 is 1.40 bits per heavy atom. The first-order valence-electron chi connectivity index (χ1n) is 7.60. The van der Waals surface area contributed by atoms with Crippen LogP contribution in [0.2, 0.25) is 0 Å². The van der Waals surface area contributed by atoms with Crippen LogP contribution >= 0.6 is 0 Å². The molecule has 0 spiro atoms. The third-order valence-corrected chi connectivity index (χ3v) is 3.49. The maximum absolute atomic E-state index is 5.88. The van der Waals surface area contributed by atoms with Gasteiger partial charge in [-0.2, -0.15) is 0 Å². The summed E-state index contributed by atoms with van der Waals surface area (Å²) in [4.78, 5) is 2.37. The maximum Gasteiger partial charge on any atom is 0.118 e. The van der Waals surface area contributed by atoms with Crippen LogP contribution in [0.3, 0.4) is 0 Å². The van der Waals surface area contributed by atoms with Gasteiger partial charge >= 0.3 is 0 Å². The zero-order valence-corrected chi connectivity index (χ0v) is 13.7. The van der Waals surface area contributed by atoms with Crippen molar-refractivity contribution in [3.05, 3.63) is 23.2 Å². The lowest BCUT2D eigenvalue weighted by Gasteiger charge is -2.24. The minimum Gasteiger partial charge on any atom is -0.465 e. The molecule has 0 amide bonds. The number of hydrogen-bond donors (Lipinski definition) is 1. The molecule has 20 heavy (non-hydrogen) atoms. The molecule has 0 aliphatic carbocycles. The zero-order valence-electron chi connectivity index (χ0n) is 13.7. The number of hydrogen-bond acceptors (Lipinski definition) is 4. The lowest BCUT2D eigenvalue weighted by Crippen LogP contribution is -2.33. The summed E-state index contributed by atoms with van der Waals surface area (Å²) in [6, 6.07) is 2.66. The molecular weight excluding hydrogens is 252 g/mol. The van der Waals surface area contributed by atoms with Crippen molar-refractivity contribution in [2.75, 3.05) is 26.8 Å². The summed E-state index contributed by atoms with van der Waals surface area (Å²) >= 11 is 0. The number of nitrogens with zero attached hydrogens (tertiary/aromatic N) is 1. The molecule has 4 nitrogen and oxygen atoms in total. The van der Waals surface area contributed by atoms with E-state index in [0.29, 0.717) is 6.04 Å². The van der Waals surface area contributed by atoms with Gasteiger partial charge in [-0.25, -0.2) is 0 Å². The van der Waals surface area contributed by atoms with Gasteiger partial charge in [0.2, 0.25) is 0 Å². The third kappa shape index (κ3) is 5.65. The van der Waals surface area contributed by atoms with Crippen LogP contribution < -0.4 is 5.32 Å². The van der Waals surface area contributed by atoms with Crippen LogP contribution in [0, 0.1) is 6.92 Å². The number of aryl methyl sites for hydroxylation is 1. The van der Waals surface area contributed by atoms with E-state index < -0.39 is 0 Å². The van der Waals surface area contributed by atoms with Gasteiger partial charge in [-0.1, -0.05) is 6.92 Å². The lowest BCUT2D eigenvalue weighted by atomic mass is 10.2. The summed E-state index contributed by atoms with van der Waals surface area (Å²) in [5, 5.41) is 3.42. The van der Waals surface area contributed by atoms with Crippen LogP contribution in [0.5, 0.6) is 0 Å². The Morgan fingerprint density at radius 3 is 2.75 bits per heavy atom. The molecule has 0 saturated heterocycles.